The summed E-state index contributed by atoms with van der Waals surface area (Å²) in [6.07, 6.45) is 4.48. The Kier molecular flexibility index (Phi) is 5.81. The number of benzene rings is 1. The van der Waals surface area contributed by atoms with Crippen molar-refractivity contribution in [1.82, 2.24) is 19.4 Å². The Morgan fingerprint density at radius 3 is 2.59 bits per heavy atom. The number of aromatic nitrogens is 3. The maximum absolute atomic E-state index is 13.1. The van der Waals surface area contributed by atoms with Gasteiger partial charge in [-0.1, -0.05) is 0 Å². The van der Waals surface area contributed by atoms with Crippen LogP contribution in [0.4, 0.5) is 10.1 Å². The molecule has 3 aromatic rings. The molecule has 1 aliphatic rings. The zero-order valence-corrected chi connectivity index (χ0v) is 17.7. The van der Waals surface area contributed by atoms with Gasteiger partial charge >= 0.3 is 0 Å². The number of nitrogens with zero attached hydrogens (tertiary/aromatic N) is 4. The van der Waals surface area contributed by atoms with Crippen LogP contribution in [-0.4, -0.2) is 37.8 Å². The minimum atomic E-state index is -0.398. The Morgan fingerprint density at radius 1 is 1.16 bits per heavy atom. The van der Waals surface area contributed by atoms with Gasteiger partial charge in [-0.15, -0.1) is 0 Å². The first-order valence-electron chi connectivity index (χ1n) is 10.2. The summed E-state index contributed by atoms with van der Waals surface area (Å²) in [7, 11) is 1.60. The van der Waals surface area contributed by atoms with Crippen molar-refractivity contribution in [2.24, 2.45) is 7.05 Å². The van der Waals surface area contributed by atoms with E-state index in [9.17, 15) is 18.8 Å². The topological polar surface area (TPSA) is 97.2 Å². The van der Waals surface area contributed by atoms with Gasteiger partial charge in [0.2, 0.25) is 5.56 Å². The number of aryl methyl sites for hydroxylation is 2. The molecule has 0 radical (unpaired) electrons. The number of hydrogen-bond donors (Lipinski definition) is 1. The van der Waals surface area contributed by atoms with Gasteiger partial charge in [-0.2, -0.15) is 0 Å². The monoisotopic (exact) mass is 435 g/mol. The van der Waals surface area contributed by atoms with Gasteiger partial charge in [0.05, 0.1) is 22.9 Å². The predicted molar refractivity (Wildman–Crippen MR) is 116 cm³/mol. The van der Waals surface area contributed by atoms with Crippen molar-refractivity contribution in [3.8, 4) is 0 Å². The summed E-state index contributed by atoms with van der Waals surface area (Å²) in [6.45, 7) is 2.26. The first kappa shape index (κ1) is 21.4. The highest BCUT2D eigenvalue weighted by Gasteiger charge is 2.33. The van der Waals surface area contributed by atoms with Crippen LogP contribution in [0.5, 0.6) is 0 Å². The average molecular weight is 435 g/mol. The van der Waals surface area contributed by atoms with Crippen LogP contribution in [0.15, 0.2) is 53.6 Å². The molecule has 1 aliphatic heterocycles. The van der Waals surface area contributed by atoms with E-state index in [1.807, 2.05) is 0 Å². The highest BCUT2D eigenvalue weighted by Crippen LogP contribution is 2.31. The molecule has 1 aromatic carbocycles. The van der Waals surface area contributed by atoms with E-state index >= 15 is 0 Å². The van der Waals surface area contributed by atoms with Crippen LogP contribution in [0.2, 0.25) is 0 Å². The molecule has 1 atom stereocenters. The van der Waals surface area contributed by atoms with Gasteiger partial charge in [0.1, 0.15) is 5.82 Å². The molecule has 1 saturated heterocycles. The zero-order chi connectivity index (χ0) is 22.8. The molecule has 2 aromatic heterocycles. The van der Waals surface area contributed by atoms with E-state index in [-0.39, 0.29) is 23.3 Å². The lowest BCUT2D eigenvalue weighted by Gasteiger charge is -2.24. The molecule has 9 heteroatoms. The fourth-order valence-corrected chi connectivity index (χ4v) is 3.76. The number of carbonyl (C=O) groups excluding carboxylic acids is 2. The number of nitrogens with one attached hydrogen (secondary N) is 1. The Morgan fingerprint density at radius 2 is 1.91 bits per heavy atom. The van der Waals surface area contributed by atoms with E-state index in [0.29, 0.717) is 41.3 Å². The third-order valence-electron chi connectivity index (χ3n) is 5.49. The summed E-state index contributed by atoms with van der Waals surface area (Å²) >= 11 is 0. The number of halogens is 1. The maximum atomic E-state index is 13.1. The average Bonchev–Trinajstić information content (AvgIpc) is 3.26. The SMILES string of the molecule is Cc1nc([C@@H]2CCCN2C(=O)c2ccc(=O)n(C)c2)ncc1C(=O)Nc1ccc(F)cc1. The summed E-state index contributed by atoms with van der Waals surface area (Å²) in [5.41, 5.74) is 1.48. The largest absolute Gasteiger partial charge is 0.328 e. The number of pyridine rings is 1. The van der Waals surface area contributed by atoms with Crippen LogP contribution in [0.25, 0.3) is 0 Å². The number of carbonyl (C=O) groups is 2. The minimum Gasteiger partial charge on any atom is -0.328 e. The first-order chi connectivity index (χ1) is 15.3. The predicted octanol–water partition coefficient (Wildman–Crippen LogP) is 2.85. The van der Waals surface area contributed by atoms with Crippen LogP contribution in [0, 0.1) is 12.7 Å². The van der Waals surface area contributed by atoms with Crippen LogP contribution in [0.3, 0.4) is 0 Å². The Bertz CT molecular complexity index is 1240. The maximum Gasteiger partial charge on any atom is 0.259 e. The number of hydrogen-bond acceptors (Lipinski definition) is 5. The number of anilines is 1. The molecule has 0 bridgehead atoms. The highest BCUT2D eigenvalue weighted by molar-refractivity contribution is 6.04. The lowest BCUT2D eigenvalue weighted by molar-refractivity contribution is 0.0728. The van der Waals surface area contributed by atoms with Crippen molar-refractivity contribution >= 4 is 17.5 Å². The Balaban J connectivity index is 1.54. The van der Waals surface area contributed by atoms with Gasteiger partial charge in [-0.05, 0) is 50.1 Å². The molecule has 1 fully saturated rings. The molecule has 0 aliphatic carbocycles. The minimum absolute atomic E-state index is 0.187. The standard InChI is InChI=1S/C23H22FN5O3/c1-14-18(22(31)27-17-8-6-16(24)7-9-17)12-25-21(26-14)19-4-3-11-29(19)23(32)15-5-10-20(30)28(2)13-15/h5-10,12-13,19H,3-4,11H2,1-2H3,(H,27,31)/t19-/m0/s1. The second-order valence-corrected chi connectivity index (χ2v) is 7.71. The number of amides is 2. The van der Waals surface area contributed by atoms with Crippen molar-refractivity contribution in [2.45, 2.75) is 25.8 Å². The molecule has 3 heterocycles. The van der Waals surface area contributed by atoms with Crippen molar-refractivity contribution in [3.05, 3.63) is 87.6 Å². The fraction of sp³-hybridized carbons (Fsp3) is 0.261. The normalized spacial score (nSPS) is 15.6. The Hall–Kier alpha value is -3.88. The summed E-state index contributed by atoms with van der Waals surface area (Å²) < 4.78 is 14.4. The van der Waals surface area contributed by atoms with Crippen molar-refractivity contribution in [2.75, 3.05) is 11.9 Å². The molecule has 4 rings (SSSR count). The zero-order valence-electron chi connectivity index (χ0n) is 17.7. The van der Waals surface area contributed by atoms with Gasteiger partial charge < -0.3 is 14.8 Å². The van der Waals surface area contributed by atoms with E-state index in [2.05, 4.69) is 15.3 Å². The molecule has 0 spiro atoms. The second kappa shape index (κ2) is 8.70. The van der Waals surface area contributed by atoms with Gasteiger partial charge in [-0.25, -0.2) is 14.4 Å². The van der Waals surface area contributed by atoms with E-state index < -0.39 is 5.91 Å². The lowest BCUT2D eigenvalue weighted by Crippen LogP contribution is -2.32. The molecule has 32 heavy (non-hydrogen) atoms. The van der Waals surface area contributed by atoms with Crippen LogP contribution in [0.1, 0.15) is 51.1 Å². The van der Waals surface area contributed by atoms with Gasteiger partial charge in [0, 0.05) is 37.7 Å². The molecule has 2 amide bonds. The molecular weight excluding hydrogens is 413 g/mol. The summed E-state index contributed by atoms with van der Waals surface area (Å²) in [4.78, 5) is 47.8. The lowest BCUT2D eigenvalue weighted by atomic mass is 10.1. The van der Waals surface area contributed by atoms with Crippen molar-refractivity contribution in [1.29, 1.82) is 0 Å². The number of rotatable bonds is 4. The molecular formula is C23H22FN5O3. The second-order valence-electron chi connectivity index (χ2n) is 7.71. The first-order valence-corrected chi connectivity index (χ1v) is 10.2. The van der Waals surface area contributed by atoms with Gasteiger partial charge in [0.15, 0.2) is 5.82 Å². The van der Waals surface area contributed by atoms with Crippen molar-refractivity contribution in [3.63, 3.8) is 0 Å². The summed E-state index contributed by atoms with van der Waals surface area (Å²) in [6, 6.07) is 8.05. The van der Waals surface area contributed by atoms with E-state index in [1.165, 1.54) is 53.4 Å². The van der Waals surface area contributed by atoms with Gasteiger partial charge in [0.25, 0.3) is 11.8 Å². The third-order valence-corrected chi connectivity index (χ3v) is 5.49. The van der Waals surface area contributed by atoms with Crippen molar-refractivity contribution < 1.29 is 14.0 Å². The van der Waals surface area contributed by atoms with Gasteiger partial charge in [-0.3, -0.25) is 14.4 Å². The quantitative estimate of drug-likeness (QED) is 0.680. The fourth-order valence-electron chi connectivity index (χ4n) is 3.76. The van der Waals surface area contributed by atoms with Crippen LogP contribution < -0.4 is 10.9 Å². The third kappa shape index (κ3) is 4.27. The van der Waals surface area contributed by atoms with Crippen LogP contribution in [-0.2, 0) is 7.05 Å². The molecule has 0 saturated carbocycles. The Labute approximate surface area is 183 Å². The van der Waals surface area contributed by atoms with Crippen LogP contribution >= 0.6 is 0 Å². The molecule has 1 N–H and O–H groups in total. The molecule has 8 nitrogen and oxygen atoms in total. The summed E-state index contributed by atoms with van der Waals surface area (Å²) in [5, 5.41) is 2.70. The molecule has 164 valence electrons. The number of likely N-dealkylation sites (tertiary alicyclic amines) is 1. The summed E-state index contributed by atoms with van der Waals surface area (Å²) in [5.74, 6) is -0.510. The van der Waals surface area contributed by atoms with E-state index in [0.717, 1.165) is 6.42 Å². The smallest absolute Gasteiger partial charge is 0.259 e. The highest BCUT2D eigenvalue weighted by atomic mass is 19.1. The van der Waals surface area contributed by atoms with E-state index in [4.69, 9.17) is 0 Å². The molecule has 0 unspecified atom stereocenters. The van der Waals surface area contributed by atoms with E-state index in [1.54, 1.807) is 18.9 Å².